The van der Waals surface area contributed by atoms with E-state index in [-0.39, 0.29) is 16.7 Å². The Morgan fingerprint density at radius 3 is 2.67 bits per heavy atom. The Labute approximate surface area is 176 Å². The fourth-order valence-corrected chi connectivity index (χ4v) is 3.82. The number of carbonyl (C=O) groups excluding carboxylic acids is 1. The van der Waals surface area contributed by atoms with Gasteiger partial charge in [-0.3, -0.25) is 14.5 Å². The third kappa shape index (κ3) is 4.75. The molecular formula is C17H13FN8O2S2. The Hall–Kier alpha value is -3.45. The van der Waals surface area contributed by atoms with Crippen LogP contribution in [0.3, 0.4) is 0 Å². The molecule has 0 aliphatic heterocycles. The highest BCUT2D eigenvalue weighted by Crippen LogP contribution is 2.30. The quantitative estimate of drug-likeness (QED) is 0.412. The number of rotatable bonds is 6. The van der Waals surface area contributed by atoms with Crippen LogP contribution in [0, 0.1) is 5.82 Å². The first-order valence-electron chi connectivity index (χ1n) is 8.40. The van der Waals surface area contributed by atoms with Gasteiger partial charge < -0.3 is 5.32 Å². The highest BCUT2D eigenvalue weighted by molar-refractivity contribution is 7.99. The summed E-state index contributed by atoms with van der Waals surface area (Å²) in [6.45, 7) is 0. The SMILES string of the molecule is Cn1ccc(NC(=O)c2nc(Sc3n[nH]c(=O)[nH]3)cnc2Sc2ccc(F)cc2)n1. The minimum Gasteiger partial charge on any atom is -0.304 e. The summed E-state index contributed by atoms with van der Waals surface area (Å²) in [6, 6.07) is 7.45. The number of nitrogens with one attached hydrogen (secondary N) is 3. The molecule has 0 aliphatic rings. The van der Waals surface area contributed by atoms with Gasteiger partial charge in [-0.15, -0.1) is 5.10 Å². The molecule has 0 saturated heterocycles. The number of halogens is 1. The molecule has 0 atom stereocenters. The van der Waals surface area contributed by atoms with Gasteiger partial charge in [0.05, 0.1) is 6.20 Å². The first-order valence-corrected chi connectivity index (χ1v) is 10.0. The molecule has 0 fully saturated rings. The summed E-state index contributed by atoms with van der Waals surface area (Å²) in [5.74, 6) is -0.515. The second kappa shape index (κ2) is 8.51. The summed E-state index contributed by atoms with van der Waals surface area (Å²) in [7, 11) is 1.73. The van der Waals surface area contributed by atoms with E-state index >= 15 is 0 Å². The van der Waals surface area contributed by atoms with Crippen molar-refractivity contribution in [2.75, 3.05) is 5.32 Å². The minimum absolute atomic E-state index is 0.0536. The molecule has 152 valence electrons. The zero-order valence-corrected chi connectivity index (χ0v) is 16.9. The maximum absolute atomic E-state index is 13.2. The van der Waals surface area contributed by atoms with Gasteiger partial charge in [-0.05, 0) is 36.0 Å². The Balaban J connectivity index is 1.65. The summed E-state index contributed by atoms with van der Waals surface area (Å²) in [5, 5.41) is 13.8. The number of aromatic amines is 2. The van der Waals surface area contributed by atoms with Crippen LogP contribution in [-0.2, 0) is 7.05 Å². The molecule has 0 aliphatic carbocycles. The number of H-pyrrole nitrogens is 2. The van der Waals surface area contributed by atoms with E-state index in [1.807, 2.05) is 0 Å². The van der Waals surface area contributed by atoms with Crippen molar-refractivity contribution in [3.05, 3.63) is 64.7 Å². The highest BCUT2D eigenvalue weighted by atomic mass is 32.2. The third-order valence-corrected chi connectivity index (χ3v) is 5.39. The molecule has 0 spiro atoms. The molecule has 1 aromatic carbocycles. The van der Waals surface area contributed by atoms with Crippen LogP contribution < -0.4 is 11.0 Å². The smallest absolute Gasteiger partial charge is 0.304 e. The Morgan fingerprint density at radius 2 is 2.00 bits per heavy atom. The Morgan fingerprint density at radius 1 is 1.20 bits per heavy atom. The summed E-state index contributed by atoms with van der Waals surface area (Å²) < 4.78 is 14.7. The van der Waals surface area contributed by atoms with Crippen LogP contribution in [0.5, 0.6) is 0 Å². The molecule has 30 heavy (non-hydrogen) atoms. The van der Waals surface area contributed by atoms with Gasteiger partial charge in [-0.2, -0.15) is 5.10 Å². The molecule has 4 rings (SSSR count). The monoisotopic (exact) mass is 444 g/mol. The van der Waals surface area contributed by atoms with Gasteiger partial charge in [0, 0.05) is 24.2 Å². The number of amides is 1. The van der Waals surface area contributed by atoms with E-state index in [0.29, 0.717) is 20.8 Å². The number of hydrogen-bond acceptors (Lipinski definition) is 8. The summed E-state index contributed by atoms with van der Waals surface area (Å²) in [6.07, 6.45) is 3.15. The van der Waals surface area contributed by atoms with Crippen molar-refractivity contribution >= 4 is 35.2 Å². The molecule has 4 aromatic rings. The van der Waals surface area contributed by atoms with Gasteiger partial charge in [0.2, 0.25) is 0 Å². The van der Waals surface area contributed by atoms with E-state index in [1.165, 1.54) is 30.1 Å². The fourth-order valence-electron chi connectivity index (χ4n) is 2.31. The van der Waals surface area contributed by atoms with Crippen molar-refractivity contribution in [2.45, 2.75) is 20.1 Å². The van der Waals surface area contributed by atoms with Crippen LogP contribution in [0.25, 0.3) is 0 Å². The molecule has 10 nitrogen and oxygen atoms in total. The van der Waals surface area contributed by atoms with E-state index in [2.05, 4.69) is 35.6 Å². The molecule has 0 radical (unpaired) electrons. The highest BCUT2D eigenvalue weighted by Gasteiger charge is 2.19. The lowest BCUT2D eigenvalue weighted by Crippen LogP contribution is -2.16. The summed E-state index contributed by atoms with van der Waals surface area (Å²) in [5.41, 5.74) is -0.403. The first-order chi connectivity index (χ1) is 14.5. The molecule has 3 heterocycles. The number of aryl methyl sites for hydroxylation is 1. The predicted octanol–water partition coefficient (Wildman–Crippen LogP) is 2.32. The van der Waals surface area contributed by atoms with Gasteiger partial charge in [-0.25, -0.2) is 24.3 Å². The van der Waals surface area contributed by atoms with Crippen molar-refractivity contribution in [1.82, 2.24) is 34.9 Å². The van der Waals surface area contributed by atoms with E-state index in [1.54, 1.807) is 36.1 Å². The van der Waals surface area contributed by atoms with Gasteiger partial charge in [0.1, 0.15) is 15.9 Å². The maximum atomic E-state index is 13.2. The van der Waals surface area contributed by atoms with Crippen LogP contribution in [-0.4, -0.2) is 40.8 Å². The lowest BCUT2D eigenvalue weighted by Gasteiger charge is -2.09. The van der Waals surface area contributed by atoms with Crippen LogP contribution in [0.2, 0.25) is 0 Å². The zero-order valence-electron chi connectivity index (χ0n) is 15.3. The van der Waals surface area contributed by atoms with Crippen molar-refractivity contribution < 1.29 is 9.18 Å². The van der Waals surface area contributed by atoms with E-state index in [0.717, 1.165) is 11.8 Å². The first kappa shape index (κ1) is 19.8. The molecule has 3 aromatic heterocycles. The maximum Gasteiger partial charge on any atom is 0.341 e. The van der Waals surface area contributed by atoms with Gasteiger partial charge >= 0.3 is 5.69 Å². The standard InChI is InChI=1S/C17H13FN8O2S2/c1-26-7-6-11(25-26)20-14(27)13-15(29-10-4-2-9(18)3-5-10)19-8-12(21-13)30-17-22-16(28)23-24-17/h2-8H,1H3,(H,20,25,27)(H2,22,23,24,28). The summed E-state index contributed by atoms with van der Waals surface area (Å²) >= 11 is 2.21. The average molecular weight is 444 g/mol. The van der Waals surface area contributed by atoms with Gasteiger partial charge in [0.25, 0.3) is 5.91 Å². The topological polar surface area (TPSA) is 134 Å². The molecule has 0 unspecified atom stereocenters. The second-order valence-corrected chi connectivity index (χ2v) is 7.90. The van der Waals surface area contributed by atoms with Crippen molar-refractivity contribution in [1.29, 1.82) is 0 Å². The summed E-state index contributed by atoms with van der Waals surface area (Å²) in [4.78, 5) is 36.0. The molecule has 0 bridgehead atoms. The Kier molecular flexibility index (Phi) is 5.63. The molecule has 3 N–H and O–H groups in total. The second-order valence-electron chi connectivity index (χ2n) is 5.83. The van der Waals surface area contributed by atoms with Crippen LogP contribution in [0.15, 0.2) is 67.6 Å². The largest absolute Gasteiger partial charge is 0.341 e. The number of carbonyl (C=O) groups is 1. The van der Waals surface area contributed by atoms with Crippen LogP contribution in [0.4, 0.5) is 10.2 Å². The van der Waals surface area contributed by atoms with Gasteiger partial charge in [-0.1, -0.05) is 11.8 Å². The number of nitrogens with zero attached hydrogens (tertiary/aromatic N) is 5. The molecular weight excluding hydrogens is 431 g/mol. The lowest BCUT2D eigenvalue weighted by atomic mass is 10.3. The normalized spacial score (nSPS) is 10.9. The average Bonchev–Trinajstić information content (AvgIpc) is 3.32. The number of aromatic nitrogens is 7. The number of anilines is 1. The predicted molar refractivity (Wildman–Crippen MR) is 107 cm³/mol. The molecule has 1 amide bonds. The van der Waals surface area contributed by atoms with Crippen molar-refractivity contribution in [2.24, 2.45) is 7.05 Å². The van der Waals surface area contributed by atoms with E-state index in [9.17, 15) is 14.0 Å². The van der Waals surface area contributed by atoms with E-state index in [4.69, 9.17) is 0 Å². The lowest BCUT2D eigenvalue weighted by molar-refractivity contribution is 0.101. The van der Waals surface area contributed by atoms with Crippen LogP contribution >= 0.6 is 23.5 Å². The van der Waals surface area contributed by atoms with Crippen molar-refractivity contribution in [3.8, 4) is 0 Å². The van der Waals surface area contributed by atoms with Crippen LogP contribution in [0.1, 0.15) is 10.5 Å². The zero-order chi connectivity index (χ0) is 21.1. The third-order valence-electron chi connectivity index (χ3n) is 3.60. The minimum atomic E-state index is -0.510. The molecule has 0 saturated carbocycles. The van der Waals surface area contributed by atoms with Gasteiger partial charge in [0.15, 0.2) is 16.7 Å². The number of benzene rings is 1. The fraction of sp³-hybridized carbons (Fsp3) is 0.0588. The molecule has 13 heteroatoms. The van der Waals surface area contributed by atoms with E-state index < -0.39 is 11.6 Å². The van der Waals surface area contributed by atoms with Crippen molar-refractivity contribution in [3.63, 3.8) is 0 Å². The number of hydrogen-bond donors (Lipinski definition) is 3. The Bertz CT molecular complexity index is 1250.